The summed E-state index contributed by atoms with van der Waals surface area (Å²) in [5, 5.41) is 1.60. The second-order valence-electron chi connectivity index (χ2n) is 3.75. The van der Waals surface area contributed by atoms with Crippen LogP contribution in [0.15, 0.2) is 36.4 Å². The van der Waals surface area contributed by atoms with Gasteiger partial charge in [-0.1, -0.05) is 23.2 Å². The van der Waals surface area contributed by atoms with Gasteiger partial charge in [0.2, 0.25) is 0 Å². The number of halogens is 4. The van der Waals surface area contributed by atoms with Crippen LogP contribution in [0.5, 0.6) is 0 Å². The van der Waals surface area contributed by atoms with E-state index in [0.717, 1.165) is 0 Å². The summed E-state index contributed by atoms with van der Waals surface area (Å²) >= 11 is 11.4. The second kappa shape index (κ2) is 5.52. The lowest BCUT2D eigenvalue weighted by Crippen LogP contribution is -2.16. The molecule has 0 amide bonds. The molecule has 0 spiro atoms. The highest BCUT2D eigenvalue weighted by atomic mass is 35.5. The fourth-order valence-electron chi connectivity index (χ4n) is 1.64. The van der Waals surface area contributed by atoms with Gasteiger partial charge in [0.05, 0.1) is 0 Å². The number of benzene rings is 2. The molecule has 18 heavy (non-hydrogen) atoms. The van der Waals surface area contributed by atoms with E-state index in [2.05, 4.69) is 0 Å². The fourth-order valence-corrected chi connectivity index (χ4v) is 3.58. The van der Waals surface area contributed by atoms with Crippen molar-refractivity contribution in [1.82, 2.24) is 0 Å². The van der Waals surface area contributed by atoms with Crippen molar-refractivity contribution in [2.45, 2.75) is 0 Å². The zero-order valence-corrected chi connectivity index (χ0v) is 11.8. The lowest BCUT2D eigenvalue weighted by atomic mass is 10.3. The molecule has 94 valence electrons. The number of rotatable bonds is 2. The van der Waals surface area contributed by atoms with Crippen LogP contribution in [0.1, 0.15) is 0 Å². The Labute approximate surface area is 115 Å². The minimum atomic E-state index is -1.10. The van der Waals surface area contributed by atoms with Crippen molar-refractivity contribution < 1.29 is 8.78 Å². The monoisotopic (exact) mass is 304 g/mol. The molecule has 2 aromatic carbocycles. The van der Waals surface area contributed by atoms with E-state index >= 15 is 0 Å². The van der Waals surface area contributed by atoms with Gasteiger partial charge in [-0.05, 0) is 51.0 Å². The van der Waals surface area contributed by atoms with Crippen molar-refractivity contribution >= 4 is 41.7 Å². The van der Waals surface area contributed by atoms with Gasteiger partial charge in [-0.15, -0.1) is 0 Å². The molecular weight excluding hydrogens is 296 g/mol. The molecule has 0 unspecified atom stereocenters. The topological polar surface area (TPSA) is 0 Å². The SMILES string of the molecule is CP(c1ccc(Cl)cc1F)c1ccc(Cl)cc1F. The Morgan fingerprint density at radius 1 is 0.833 bits per heavy atom. The zero-order valence-electron chi connectivity index (χ0n) is 9.42. The van der Waals surface area contributed by atoms with Crippen LogP contribution in [0.25, 0.3) is 0 Å². The molecule has 0 aromatic heterocycles. The van der Waals surface area contributed by atoms with Gasteiger partial charge in [0, 0.05) is 20.7 Å². The molecule has 0 nitrogen and oxygen atoms in total. The molecule has 0 aliphatic rings. The first-order chi connectivity index (χ1) is 8.49. The molecule has 0 saturated heterocycles. The van der Waals surface area contributed by atoms with E-state index in [1.807, 2.05) is 0 Å². The summed E-state index contributed by atoms with van der Waals surface area (Å²) in [5.74, 6) is -0.823. The third kappa shape index (κ3) is 2.83. The van der Waals surface area contributed by atoms with E-state index in [1.54, 1.807) is 30.9 Å². The van der Waals surface area contributed by atoms with Crippen molar-refractivity contribution in [3.63, 3.8) is 0 Å². The molecule has 0 aliphatic heterocycles. The molecule has 0 bridgehead atoms. The summed E-state index contributed by atoms with van der Waals surface area (Å²) in [6.45, 7) is 1.80. The maximum atomic E-state index is 13.8. The Balaban J connectivity index is 2.44. The lowest BCUT2D eigenvalue weighted by molar-refractivity contribution is 0.634. The summed E-state index contributed by atoms with van der Waals surface area (Å²) in [5.41, 5.74) is 0. The molecule has 0 saturated carbocycles. The van der Waals surface area contributed by atoms with Crippen LogP contribution in [0, 0.1) is 11.6 Å². The summed E-state index contributed by atoms with van der Waals surface area (Å²) in [4.78, 5) is 0. The normalized spacial score (nSPS) is 11.0. The Morgan fingerprint density at radius 2 is 1.22 bits per heavy atom. The quantitative estimate of drug-likeness (QED) is 0.724. The first-order valence-electron chi connectivity index (χ1n) is 5.13. The van der Waals surface area contributed by atoms with Gasteiger partial charge in [0.1, 0.15) is 11.6 Å². The average molecular weight is 305 g/mol. The molecule has 0 N–H and O–H groups in total. The summed E-state index contributed by atoms with van der Waals surface area (Å²) in [6.07, 6.45) is 0. The molecule has 0 atom stereocenters. The van der Waals surface area contributed by atoms with Gasteiger partial charge in [-0.3, -0.25) is 0 Å². The largest absolute Gasteiger partial charge is 0.206 e. The minimum Gasteiger partial charge on any atom is -0.206 e. The van der Waals surface area contributed by atoms with Crippen molar-refractivity contribution in [2.75, 3.05) is 6.66 Å². The molecule has 0 fully saturated rings. The Morgan fingerprint density at radius 3 is 1.56 bits per heavy atom. The first-order valence-corrected chi connectivity index (χ1v) is 7.67. The van der Waals surface area contributed by atoms with E-state index in [4.69, 9.17) is 23.2 Å². The molecule has 0 aliphatic carbocycles. The van der Waals surface area contributed by atoms with Gasteiger partial charge in [0.25, 0.3) is 0 Å². The van der Waals surface area contributed by atoms with Gasteiger partial charge >= 0.3 is 0 Å². The Bertz CT molecular complexity index is 536. The maximum absolute atomic E-state index is 13.8. The van der Waals surface area contributed by atoms with Crippen LogP contribution in [0.3, 0.4) is 0 Å². The van der Waals surface area contributed by atoms with E-state index in [0.29, 0.717) is 20.7 Å². The highest BCUT2D eigenvalue weighted by Crippen LogP contribution is 2.32. The van der Waals surface area contributed by atoms with E-state index in [1.165, 1.54) is 12.1 Å². The Hall–Kier alpha value is -0.690. The highest BCUT2D eigenvalue weighted by molar-refractivity contribution is 7.72. The van der Waals surface area contributed by atoms with Gasteiger partial charge in [-0.25, -0.2) is 8.78 Å². The standard InChI is InChI=1S/C13H9Cl2F2P/c1-18(12-4-2-8(14)6-10(12)16)13-5-3-9(15)7-11(13)17/h2-7H,1H3. The molecule has 2 aromatic rings. The van der Waals surface area contributed by atoms with E-state index in [-0.39, 0.29) is 0 Å². The van der Waals surface area contributed by atoms with E-state index in [9.17, 15) is 8.78 Å². The Kier molecular flexibility index (Phi) is 4.21. The summed E-state index contributed by atoms with van der Waals surface area (Å²) < 4.78 is 27.6. The van der Waals surface area contributed by atoms with Gasteiger partial charge in [0.15, 0.2) is 0 Å². The van der Waals surface area contributed by atoms with Crippen molar-refractivity contribution in [1.29, 1.82) is 0 Å². The predicted octanol–water partition coefficient (Wildman–Crippen LogP) is 4.33. The van der Waals surface area contributed by atoms with Crippen molar-refractivity contribution in [3.05, 3.63) is 58.1 Å². The third-order valence-electron chi connectivity index (χ3n) is 2.54. The number of hydrogen-bond donors (Lipinski definition) is 0. The van der Waals surface area contributed by atoms with Crippen molar-refractivity contribution in [3.8, 4) is 0 Å². The zero-order chi connectivity index (χ0) is 13.3. The third-order valence-corrected chi connectivity index (χ3v) is 5.18. The molecular formula is C13H9Cl2F2P. The highest BCUT2D eigenvalue weighted by Gasteiger charge is 2.16. The molecule has 2 rings (SSSR count). The van der Waals surface area contributed by atoms with Gasteiger partial charge < -0.3 is 0 Å². The second-order valence-corrected chi connectivity index (χ2v) is 6.71. The van der Waals surface area contributed by atoms with Crippen LogP contribution in [0.4, 0.5) is 8.78 Å². The van der Waals surface area contributed by atoms with Crippen LogP contribution >= 0.6 is 31.1 Å². The lowest BCUT2D eigenvalue weighted by Gasteiger charge is -2.15. The maximum Gasteiger partial charge on any atom is 0.132 e. The van der Waals surface area contributed by atoms with Crippen molar-refractivity contribution in [2.24, 2.45) is 0 Å². The van der Waals surface area contributed by atoms with Crippen LogP contribution in [0.2, 0.25) is 10.0 Å². The minimum absolute atomic E-state index is 0.330. The average Bonchev–Trinajstić information content (AvgIpc) is 2.28. The predicted molar refractivity (Wildman–Crippen MR) is 74.9 cm³/mol. The van der Waals surface area contributed by atoms with Crippen LogP contribution in [-0.4, -0.2) is 6.66 Å². The van der Waals surface area contributed by atoms with Crippen LogP contribution in [-0.2, 0) is 0 Å². The first kappa shape index (κ1) is 13.7. The molecule has 0 radical (unpaired) electrons. The van der Waals surface area contributed by atoms with Gasteiger partial charge in [-0.2, -0.15) is 0 Å². The molecule has 5 heteroatoms. The van der Waals surface area contributed by atoms with Crippen LogP contribution < -0.4 is 10.6 Å². The summed E-state index contributed by atoms with van der Waals surface area (Å²) in [6, 6.07) is 8.88. The fraction of sp³-hybridized carbons (Fsp3) is 0.0769. The number of hydrogen-bond acceptors (Lipinski definition) is 0. The summed E-state index contributed by atoms with van der Waals surface area (Å²) in [7, 11) is -1.10. The molecule has 0 heterocycles. The smallest absolute Gasteiger partial charge is 0.132 e. The van der Waals surface area contributed by atoms with E-state index < -0.39 is 19.6 Å².